The van der Waals surface area contributed by atoms with Crippen LogP contribution in [0, 0.1) is 0 Å². The van der Waals surface area contributed by atoms with E-state index in [1.807, 2.05) is 54.6 Å². The summed E-state index contributed by atoms with van der Waals surface area (Å²) in [7, 11) is 0. The van der Waals surface area contributed by atoms with Gasteiger partial charge >= 0.3 is 0 Å². The number of carbonyl (C=O) groups is 1. The van der Waals surface area contributed by atoms with Crippen LogP contribution in [-0.2, 0) is 6.61 Å². The number of hydrogen-bond acceptors (Lipinski definition) is 2. The average molecular weight is 282 g/mol. The standard InChI is InChI=1S/C19H22O2/c1-2-3-5-10-19(20)17-11-13-18(14-12-17)21-15-16-8-6-4-7-9-16/h4,6-9,11-14H,2-3,5,10,15H2,1H3. The molecular weight excluding hydrogens is 260 g/mol. The molecule has 110 valence electrons. The average Bonchev–Trinajstić information content (AvgIpc) is 2.54. The molecule has 0 unspecified atom stereocenters. The molecule has 0 N–H and O–H groups in total. The zero-order valence-electron chi connectivity index (χ0n) is 12.5. The summed E-state index contributed by atoms with van der Waals surface area (Å²) in [6.45, 7) is 2.69. The second kappa shape index (κ2) is 8.25. The van der Waals surface area contributed by atoms with E-state index in [1.54, 1.807) is 0 Å². The van der Waals surface area contributed by atoms with E-state index in [9.17, 15) is 4.79 Å². The van der Waals surface area contributed by atoms with Crippen LogP contribution >= 0.6 is 0 Å². The summed E-state index contributed by atoms with van der Waals surface area (Å²) < 4.78 is 5.71. The molecule has 2 nitrogen and oxygen atoms in total. The highest BCUT2D eigenvalue weighted by Crippen LogP contribution is 2.16. The summed E-state index contributed by atoms with van der Waals surface area (Å²) in [4.78, 5) is 12.0. The third kappa shape index (κ3) is 5.07. The number of hydrogen-bond donors (Lipinski definition) is 0. The Bertz CT molecular complexity index is 544. The summed E-state index contributed by atoms with van der Waals surface area (Å²) >= 11 is 0. The van der Waals surface area contributed by atoms with Crippen LogP contribution in [0.1, 0.15) is 48.5 Å². The summed E-state index contributed by atoms with van der Waals surface area (Å²) in [6, 6.07) is 17.5. The minimum atomic E-state index is 0.220. The van der Waals surface area contributed by atoms with Gasteiger partial charge in [0.1, 0.15) is 12.4 Å². The fourth-order valence-electron chi connectivity index (χ4n) is 2.16. The molecule has 2 aromatic rings. The number of unbranched alkanes of at least 4 members (excludes halogenated alkanes) is 2. The normalized spacial score (nSPS) is 10.3. The van der Waals surface area contributed by atoms with Crippen LogP contribution in [0.3, 0.4) is 0 Å². The Balaban J connectivity index is 1.85. The lowest BCUT2D eigenvalue weighted by Gasteiger charge is -2.07. The van der Waals surface area contributed by atoms with Gasteiger partial charge in [0.05, 0.1) is 0 Å². The second-order valence-electron chi connectivity index (χ2n) is 5.18. The van der Waals surface area contributed by atoms with Gasteiger partial charge in [0.25, 0.3) is 0 Å². The third-order valence-corrected chi connectivity index (χ3v) is 3.43. The van der Waals surface area contributed by atoms with E-state index < -0.39 is 0 Å². The van der Waals surface area contributed by atoms with E-state index in [1.165, 1.54) is 0 Å². The van der Waals surface area contributed by atoms with Gasteiger partial charge in [-0.15, -0.1) is 0 Å². The largest absolute Gasteiger partial charge is 0.489 e. The van der Waals surface area contributed by atoms with Crippen molar-refractivity contribution in [3.05, 3.63) is 65.7 Å². The number of Topliss-reactive ketones (excluding diaryl/α,β-unsaturated/α-hetero) is 1. The summed E-state index contributed by atoms with van der Waals surface area (Å²) in [5, 5.41) is 0. The molecule has 0 saturated carbocycles. The molecule has 0 atom stereocenters. The van der Waals surface area contributed by atoms with Gasteiger partial charge in [-0.25, -0.2) is 0 Å². The van der Waals surface area contributed by atoms with Crippen LogP contribution < -0.4 is 4.74 Å². The predicted molar refractivity (Wildman–Crippen MR) is 85.7 cm³/mol. The topological polar surface area (TPSA) is 26.3 Å². The number of benzene rings is 2. The Hall–Kier alpha value is -2.09. The molecule has 0 aromatic heterocycles. The maximum absolute atomic E-state index is 12.0. The molecule has 0 amide bonds. The Morgan fingerprint density at radius 3 is 2.33 bits per heavy atom. The van der Waals surface area contributed by atoms with Crippen LogP contribution in [0.5, 0.6) is 5.75 Å². The molecule has 0 saturated heterocycles. The van der Waals surface area contributed by atoms with Crippen molar-refractivity contribution in [3.63, 3.8) is 0 Å². The van der Waals surface area contributed by atoms with Gasteiger partial charge in [0, 0.05) is 12.0 Å². The summed E-state index contributed by atoms with van der Waals surface area (Å²) in [5.41, 5.74) is 1.91. The SMILES string of the molecule is CCCCCC(=O)c1ccc(OCc2ccccc2)cc1. The maximum Gasteiger partial charge on any atom is 0.162 e. The number of ether oxygens (including phenoxy) is 1. The molecule has 21 heavy (non-hydrogen) atoms. The van der Waals surface area contributed by atoms with Gasteiger partial charge < -0.3 is 4.74 Å². The summed E-state index contributed by atoms with van der Waals surface area (Å²) in [6.07, 6.45) is 3.86. The Kier molecular flexibility index (Phi) is 6.01. The molecule has 0 aliphatic rings. The quantitative estimate of drug-likeness (QED) is 0.501. The van der Waals surface area contributed by atoms with Crippen LogP contribution in [0.4, 0.5) is 0 Å². The van der Waals surface area contributed by atoms with Crippen molar-refractivity contribution in [2.75, 3.05) is 0 Å². The molecule has 2 rings (SSSR count). The molecule has 0 spiro atoms. The molecule has 0 aliphatic heterocycles. The molecule has 2 aromatic carbocycles. The lowest BCUT2D eigenvalue weighted by molar-refractivity contribution is 0.0979. The highest BCUT2D eigenvalue weighted by molar-refractivity contribution is 5.96. The maximum atomic E-state index is 12.0. The molecular formula is C19H22O2. The van der Waals surface area contributed by atoms with Gasteiger partial charge in [-0.1, -0.05) is 50.1 Å². The first-order valence-electron chi connectivity index (χ1n) is 7.59. The first kappa shape index (κ1) is 15.3. The summed E-state index contributed by atoms with van der Waals surface area (Å²) in [5.74, 6) is 1.02. The Morgan fingerprint density at radius 1 is 0.952 bits per heavy atom. The van der Waals surface area contributed by atoms with Gasteiger partial charge in [0.15, 0.2) is 5.78 Å². The van der Waals surface area contributed by atoms with Crippen molar-refractivity contribution >= 4 is 5.78 Å². The molecule has 0 fully saturated rings. The number of carbonyl (C=O) groups excluding carboxylic acids is 1. The van der Waals surface area contributed by atoms with Crippen molar-refractivity contribution in [2.24, 2.45) is 0 Å². The van der Waals surface area contributed by atoms with Gasteiger partial charge in [0.2, 0.25) is 0 Å². The molecule has 0 radical (unpaired) electrons. The van der Waals surface area contributed by atoms with Crippen molar-refractivity contribution in [1.82, 2.24) is 0 Å². The zero-order valence-corrected chi connectivity index (χ0v) is 12.5. The van der Waals surface area contributed by atoms with E-state index in [-0.39, 0.29) is 5.78 Å². The molecule has 0 bridgehead atoms. The van der Waals surface area contributed by atoms with Crippen molar-refractivity contribution in [1.29, 1.82) is 0 Å². The van der Waals surface area contributed by atoms with Crippen LogP contribution in [0.2, 0.25) is 0 Å². The first-order chi connectivity index (χ1) is 10.3. The highest BCUT2D eigenvalue weighted by atomic mass is 16.5. The van der Waals surface area contributed by atoms with Gasteiger partial charge in [-0.2, -0.15) is 0 Å². The molecule has 2 heteroatoms. The van der Waals surface area contributed by atoms with Crippen molar-refractivity contribution in [2.45, 2.75) is 39.2 Å². The number of ketones is 1. The number of rotatable bonds is 8. The van der Waals surface area contributed by atoms with E-state index in [2.05, 4.69) is 6.92 Å². The van der Waals surface area contributed by atoms with E-state index in [0.717, 1.165) is 36.1 Å². The second-order valence-corrected chi connectivity index (χ2v) is 5.18. The molecule has 0 heterocycles. The predicted octanol–water partition coefficient (Wildman–Crippen LogP) is 5.03. The van der Waals surface area contributed by atoms with E-state index >= 15 is 0 Å². The smallest absolute Gasteiger partial charge is 0.162 e. The van der Waals surface area contributed by atoms with Crippen molar-refractivity contribution < 1.29 is 9.53 Å². The van der Waals surface area contributed by atoms with Crippen molar-refractivity contribution in [3.8, 4) is 5.75 Å². The third-order valence-electron chi connectivity index (χ3n) is 3.43. The fraction of sp³-hybridized carbons (Fsp3) is 0.316. The van der Waals surface area contributed by atoms with E-state index in [4.69, 9.17) is 4.74 Å². The highest BCUT2D eigenvalue weighted by Gasteiger charge is 2.05. The zero-order chi connectivity index (χ0) is 14.9. The van der Waals surface area contributed by atoms with Crippen LogP contribution in [-0.4, -0.2) is 5.78 Å². The van der Waals surface area contributed by atoms with Gasteiger partial charge in [-0.05, 0) is 36.2 Å². The van der Waals surface area contributed by atoms with E-state index in [0.29, 0.717) is 13.0 Å². The Labute approximate surface area is 126 Å². The minimum Gasteiger partial charge on any atom is -0.489 e. The van der Waals surface area contributed by atoms with Crippen LogP contribution in [0.25, 0.3) is 0 Å². The first-order valence-corrected chi connectivity index (χ1v) is 7.59. The fourth-order valence-corrected chi connectivity index (χ4v) is 2.16. The van der Waals surface area contributed by atoms with Crippen LogP contribution in [0.15, 0.2) is 54.6 Å². The monoisotopic (exact) mass is 282 g/mol. The minimum absolute atomic E-state index is 0.220. The lowest BCUT2D eigenvalue weighted by Crippen LogP contribution is -1.99. The van der Waals surface area contributed by atoms with Gasteiger partial charge in [-0.3, -0.25) is 4.79 Å². The Morgan fingerprint density at radius 2 is 1.67 bits per heavy atom. The lowest BCUT2D eigenvalue weighted by atomic mass is 10.0. The molecule has 0 aliphatic carbocycles.